The molecule has 1 aromatic carbocycles. The second-order valence-corrected chi connectivity index (χ2v) is 8.82. The zero-order valence-electron chi connectivity index (χ0n) is 22.8. The molecule has 1 fully saturated rings. The van der Waals surface area contributed by atoms with Crippen LogP contribution in [0.1, 0.15) is 63.8 Å². The molecule has 194 valence electrons. The zero-order valence-corrected chi connectivity index (χ0v) is 23.6. The van der Waals surface area contributed by atoms with Gasteiger partial charge in [0.2, 0.25) is 5.91 Å². The number of thioether (sulfide) groups is 1. The van der Waals surface area contributed by atoms with Gasteiger partial charge in [-0.2, -0.15) is 0 Å². The number of nitrogens with one attached hydrogen (secondary N) is 1. The monoisotopic (exact) mass is 499 g/mol. The van der Waals surface area contributed by atoms with Crippen LogP contribution in [-0.2, 0) is 4.79 Å². The summed E-state index contributed by atoms with van der Waals surface area (Å²) >= 11 is 1.49. The van der Waals surface area contributed by atoms with Crippen LogP contribution in [-0.4, -0.2) is 54.3 Å². The number of rotatable bonds is 7. The molecule has 1 atom stereocenters. The molecule has 1 aliphatic heterocycles. The third-order valence-electron chi connectivity index (χ3n) is 5.55. The second-order valence-electron chi connectivity index (χ2n) is 7.86. The topological polar surface area (TPSA) is 57.8 Å². The number of hydrogen-bond acceptors (Lipinski definition) is 5. The molecule has 1 unspecified atom stereocenters. The summed E-state index contributed by atoms with van der Waals surface area (Å²) in [5.74, 6) is 1.36. The van der Waals surface area contributed by atoms with E-state index in [0.29, 0.717) is 18.3 Å². The van der Waals surface area contributed by atoms with Crippen molar-refractivity contribution in [2.24, 2.45) is 4.99 Å². The molecule has 3 rings (SSSR count). The zero-order chi connectivity index (χ0) is 26.8. The molecule has 1 amide bonds. The molecule has 1 aromatic heterocycles. The fraction of sp³-hybridized carbons (Fsp3) is 0.517. The summed E-state index contributed by atoms with van der Waals surface area (Å²) in [4.78, 5) is 19.4. The number of hydrogen-bond donors (Lipinski definition) is 1. The number of amides is 1. The Balaban J connectivity index is 0.00000150. The molecule has 0 aliphatic carbocycles. The predicted molar refractivity (Wildman–Crippen MR) is 156 cm³/mol. The van der Waals surface area contributed by atoms with Gasteiger partial charge in [-0.1, -0.05) is 43.8 Å². The first-order valence-corrected chi connectivity index (χ1v) is 13.4. The Labute approximate surface area is 217 Å². The molecular weight excluding hydrogens is 454 g/mol. The number of benzene rings is 1. The van der Waals surface area contributed by atoms with Crippen molar-refractivity contribution in [2.45, 2.75) is 66.8 Å². The van der Waals surface area contributed by atoms with Gasteiger partial charge in [-0.15, -0.1) is 19.4 Å². The first-order chi connectivity index (χ1) is 16.9. The maximum absolute atomic E-state index is 12.3. The van der Waals surface area contributed by atoms with Gasteiger partial charge in [0.05, 0.1) is 5.75 Å². The Hall–Kier alpha value is -2.49. The van der Waals surface area contributed by atoms with Crippen LogP contribution in [0.2, 0.25) is 0 Å². The van der Waals surface area contributed by atoms with Gasteiger partial charge >= 0.3 is 0 Å². The summed E-state index contributed by atoms with van der Waals surface area (Å²) < 4.78 is 6.00. The third-order valence-corrected chi connectivity index (χ3v) is 6.57. The third kappa shape index (κ3) is 10.3. The maximum atomic E-state index is 12.3. The summed E-state index contributed by atoms with van der Waals surface area (Å²) in [6.45, 7) is 17.9. The van der Waals surface area contributed by atoms with E-state index < -0.39 is 0 Å². The predicted octanol–water partition coefficient (Wildman–Crippen LogP) is 6.62. The number of aryl methyl sites for hydroxylation is 2. The van der Waals surface area contributed by atoms with E-state index in [9.17, 15) is 4.79 Å². The number of nitrogens with zero attached hydrogens (tertiary/aromatic N) is 2. The Morgan fingerprint density at radius 1 is 1.34 bits per heavy atom. The molecule has 2 heterocycles. The van der Waals surface area contributed by atoms with Crippen LogP contribution in [0.4, 0.5) is 0 Å². The molecular formula is C29H45N3O2S. The second kappa shape index (κ2) is 18.8. The Morgan fingerprint density at radius 2 is 2.00 bits per heavy atom. The summed E-state index contributed by atoms with van der Waals surface area (Å²) in [7, 11) is 2.17. The minimum atomic E-state index is 0.0634. The van der Waals surface area contributed by atoms with Crippen LogP contribution in [0, 0.1) is 26.7 Å². The summed E-state index contributed by atoms with van der Waals surface area (Å²) in [6.07, 6.45) is 13.3. The number of fused-ring (bicyclic) bond motifs is 1. The first-order valence-electron chi connectivity index (χ1n) is 12.5. The van der Waals surface area contributed by atoms with Crippen molar-refractivity contribution < 1.29 is 9.21 Å². The molecule has 2 aromatic rings. The number of likely N-dealkylation sites (tertiary alicyclic amines) is 1. The van der Waals surface area contributed by atoms with E-state index in [0.717, 1.165) is 45.9 Å². The summed E-state index contributed by atoms with van der Waals surface area (Å²) in [5, 5.41) is 5.05. The van der Waals surface area contributed by atoms with Gasteiger partial charge in [-0.05, 0) is 72.2 Å². The van der Waals surface area contributed by atoms with E-state index >= 15 is 0 Å². The molecule has 1 aliphatic rings. The smallest absolute Gasteiger partial charge is 0.230 e. The Kier molecular flexibility index (Phi) is 17.5. The van der Waals surface area contributed by atoms with Gasteiger partial charge in [-0.3, -0.25) is 9.79 Å². The lowest BCUT2D eigenvalue weighted by Crippen LogP contribution is -2.32. The Bertz CT molecular complexity index is 946. The highest BCUT2D eigenvalue weighted by atomic mass is 32.2. The minimum Gasteiger partial charge on any atom is -0.460 e. The summed E-state index contributed by atoms with van der Waals surface area (Å²) in [5.41, 5.74) is 3.00. The first kappa shape index (κ1) is 32.5. The van der Waals surface area contributed by atoms with Crippen LogP contribution in [0.3, 0.4) is 0 Å². The number of furan rings is 1. The van der Waals surface area contributed by atoms with E-state index in [1.165, 1.54) is 31.1 Å². The lowest BCUT2D eigenvalue weighted by Gasteiger charge is -2.19. The van der Waals surface area contributed by atoms with Crippen molar-refractivity contribution in [1.29, 1.82) is 0 Å². The highest BCUT2D eigenvalue weighted by Gasteiger charge is 2.20. The SMILES string of the molecule is C#C.C=CC.CC.CCN=C(SCC(=O)NCCC1CCCN1C)c1cccc2c(C)c(C)oc12. The molecule has 0 bridgehead atoms. The average molecular weight is 500 g/mol. The molecule has 35 heavy (non-hydrogen) atoms. The van der Waals surface area contributed by atoms with Gasteiger partial charge < -0.3 is 14.6 Å². The van der Waals surface area contributed by atoms with Gasteiger partial charge in [0, 0.05) is 30.1 Å². The van der Waals surface area contributed by atoms with Gasteiger partial charge in [0.15, 0.2) is 0 Å². The van der Waals surface area contributed by atoms with Crippen molar-refractivity contribution >= 4 is 33.7 Å². The van der Waals surface area contributed by atoms with Crippen molar-refractivity contribution in [3.8, 4) is 12.8 Å². The number of allylic oxidation sites excluding steroid dienone is 1. The van der Waals surface area contributed by atoms with E-state index in [1.54, 1.807) is 6.08 Å². The van der Waals surface area contributed by atoms with Crippen molar-refractivity contribution in [1.82, 2.24) is 10.2 Å². The summed E-state index contributed by atoms with van der Waals surface area (Å²) in [6, 6.07) is 6.74. The number of aliphatic imine (C=N–C) groups is 1. The fourth-order valence-electron chi connectivity index (χ4n) is 3.79. The quantitative estimate of drug-likeness (QED) is 0.201. The number of para-hydroxylation sites is 1. The van der Waals surface area contributed by atoms with Gasteiger partial charge in [0.1, 0.15) is 16.4 Å². The highest BCUT2D eigenvalue weighted by Crippen LogP contribution is 2.30. The Morgan fingerprint density at radius 3 is 2.57 bits per heavy atom. The van der Waals surface area contributed by atoms with E-state index in [2.05, 4.69) is 54.7 Å². The number of carbonyl (C=O) groups is 1. The standard InChI is InChI=1S/C22H31N3O2S.C3H6.C2H6.C2H2/c1-5-23-22(19-10-6-9-18-15(2)16(3)27-21(18)19)28-14-20(26)24-12-11-17-8-7-13-25(17)4;1-3-2;2*1-2/h6,9-10,17H,5,7-8,11-14H2,1-4H3,(H,24,26);3H,1H2,2H3;1-2H3;1-2H. The molecule has 0 radical (unpaired) electrons. The van der Waals surface area contributed by atoms with Crippen LogP contribution in [0.15, 0.2) is 40.3 Å². The van der Waals surface area contributed by atoms with Crippen LogP contribution in [0.25, 0.3) is 11.0 Å². The van der Waals surface area contributed by atoms with Gasteiger partial charge in [0.25, 0.3) is 0 Å². The van der Waals surface area contributed by atoms with E-state index in [4.69, 9.17) is 4.42 Å². The normalized spacial score (nSPS) is 15.1. The van der Waals surface area contributed by atoms with Crippen LogP contribution >= 0.6 is 11.8 Å². The van der Waals surface area contributed by atoms with Crippen molar-refractivity contribution in [2.75, 3.05) is 32.4 Å². The van der Waals surface area contributed by atoms with Crippen LogP contribution < -0.4 is 5.32 Å². The molecule has 1 saturated heterocycles. The molecule has 1 N–H and O–H groups in total. The number of terminal acetylenes is 1. The van der Waals surface area contributed by atoms with E-state index in [1.807, 2.05) is 46.8 Å². The lowest BCUT2D eigenvalue weighted by molar-refractivity contribution is -0.118. The molecule has 5 nitrogen and oxygen atoms in total. The largest absolute Gasteiger partial charge is 0.460 e. The molecule has 0 saturated carbocycles. The minimum absolute atomic E-state index is 0.0634. The average Bonchev–Trinajstić information content (AvgIpc) is 3.41. The van der Waals surface area contributed by atoms with Gasteiger partial charge in [-0.25, -0.2) is 0 Å². The number of carbonyl (C=O) groups excluding carboxylic acids is 1. The maximum Gasteiger partial charge on any atom is 0.230 e. The molecule has 0 spiro atoms. The fourth-order valence-corrected chi connectivity index (χ4v) is 4.70. The molecule has 6 heteroatoms. The van der Waals surface area contributed by atoms with E-state index in [-0.39, 0.29) is 5.91 Å². The van der Waals surface area contributed by atoms with Crippen molar-refractivity contribution in [3.05, 3.63) is 47.7 Å². The lowest BCUT2D eigenvalue weighted by atomic mass is 10.1. The highest BCUT2D eigenvalue weighted by molar-refractivity contribution is 8.15. The van der Waals surface area contributed by atoms with Crippen molar-refractivity contribution in [3.63, 3.8) is 0 Å². The van der Waals surface area contributed by atoms with Crippen LogP contribution in [0.5, 0.6) is 0 Å².